The van der Waals surface area contributed by atoms with Gasteiger partial charge in [0.1, 0.15) is 5.75 Å². The predicted molar refractivity (Wildman–Crippen MR) is 58.5 cm³/mol. The lowest BCUT2D eigenvalue weighted by atomic mass is 9.96. The number of aryl methyl sites for hydroxylation is 1. The second kappa shape index (κ2) is 4.53. The lowest BCUT2D eigenvalue weighted by molar-refractivity contribution is -0.137. The maximum absolute atomic E-state index is 10.5. The number of rotatable bonds is 3. The van der Waals surface area contributed by atoms with Crippen LogP contribution in [0.25, 0.3) is 0 Å². The van der Waals surface area contributed by atoms with Gasteiger partial charge in [0.05, 0.1) is 11.4 Å². The third-order valence-electron chi connectivity index (χ3n) is 2.31. The average Bonchev–Trinajstić information content (AvgIpc) is 2.12. The average molecular weight is 229 g/mol. The third-order valence-corrected chi connectivity index (χ3v) is 2.80. The minimum Gasteiger partial charge on any atom is -0.506 e. The summed E-state index contributed by atoms with van der Waals surface area (Å²) in [5, 5.41) is 18.5. The molecule has 0 fully saturated rings. The van der Waals surface area contributed by atoms with Crippen molar-refractivity contribution >= 4 is 17.6 Å². The number of halogens is 1. The van der Waals surface area contributed by atoms with Crippen molar-refractivity contribution in [2.75, 3.05) is 0 Å². The fourth-order valence-corrected chi connectivity index (χ4v) is 1.55. The molecule has 1 unspecified atom stereocenters. The molecule has 0 saturated heterocycles. The first-order valence-corrected chi connectivity index (χ1v) is 5.00. The fourth-order valence-electron chi connectivity index (χ4n) is 1.44. The standard InChI is InChI=1S/C11H13ClO3/c1-6(4-10(14)15)8-3-7(2)11(12)9(13)5-8/h3,5-6,13H,4H2,1-2H3,(H,14,15). The monoisotopic (exact) mass is 228 g/mol. The van der Waals surface area contributed by atoms with Gasteiger partial charge >= 0.3 is 5.97 Å². The molecular formula is C11H13ClO3. The summed E-state index contributed by atoms with van der Waals surface area (Å²) >= 11 is 5.79. The molecule has 0 aliphatic rings. The maximum atomic E-state index is 10.5. The summed E-state index contributed by atoms with van der Waals surface area (Å²) in [6.45, 7) is 3.58. The normalized spacial score (nSPS) is 12.5. The maximum Gasteiger partial charge on any atom is 0.303 e. The molecule has 0 bridgehead atoms. The Labute approximate surface area is 93.3 Å². The molecule has 0 aliphatic carbocycles. The second-order valence-electron chi connectivity index (χ2n) is 3.67. The Bertz CT molecular complexity index is 364. The van der Waals surface area contributed by atoms with Crippen LogP contribution in [0, 0.1) is 6.92 Å². The van der Waals surface area contributed by atoms with Crippen LogP contribution < -0.4 is 0 Å². The van der Waals surface area contributed by atoms with Gasteiger partial charge in [0.2, 0.25) is 0 Å². The predicted octanol–water partition coefficient (Wildman–Crippen LogP) is 2.93. The van der Waals surface area contributed by atoms with Gasteiger partial charge in [0, 0.05) is 0 Å². The van der Waals surface area contributed by atoms with Gasteiger partial charge in [-0.2, -0.15) is 0 Å². The van der Waals surface area contributed by atoms with Gasteiger partial charge in [-0.05, 0) is 30.0 Å². The van der Waals surface area contributed by atoms with E-state index in [9.17, 15) is 9.90 Å². The van der Waals surface area contributed by atoms with Crippen LogP contribution in [0.2, 0.25) is 5.02 Å². The summed E-state index contributed by atoms with van der Waals surface area (Å²) < 4.78 is 0. The first kappa shape index (κ1) is 11.9. The second-order valence-corrected chi connectivity index (χ2v) is 4.05. The van der Waals surface area contributed by atoms with Gasteiger partial charge in [-0.25, -0.2) is 0 Å². The molecular weight excluding hydrogens is 216 g/mol. The highest BCUT2D eigenvalue weighted by molar-refractivity contribution is 6.32. The van der Waals surface area contributed by atoms with Crippen molar-refractivity contribution in [1.82, 2.24) is 0 Å². The van der Waals surface area contributed by atoms with Crippen molar-refractivity contribution in [3.63, 3.8) is 0 Å². The molecule has 0 aliphatic heterocycles. The third kappa shape index (κ3) is 2.86. The highest BCUT2D eigenvalue weighted by Gasteiger charge is 2.13. The van der Waals surface area contributed by atoms with Crippen LogP contribution in [0.3, 0.4) is 0 Å². The zero-order valence-corrected chi connectivity index (χ0v) is 9.38. The minimum absolute atomic E-state index is 0.00362. The molecule has 1 atom stereocenters. The zero-order valence-electron chi connectivity index (χ0n) is 8.62. The summed E-state index contributed by atoms with van der Waals surface area (Å²) in [7, 11) is 0. The van der Waals surface area contributed by atoms with E-state index in [0.717, 1.165) is 11.1 Å². The number of phenols is 1. The van der Waals surface area contributed by atoms with Crippen molar-refractivity contribution in [2.45, 2.75) is 26.2 Å². The van der Waals surface area contributed by atoms with E-state index in [2.05, 4.69) is 0 Å². The van der Waals surface area contributed by atoms with Crippen molar-refractivity contribution < 1.29 is 15.0 Å². The summed E-state index contributed by atoms with van der Waals surface area (Å²) in [4.78, 5) is 10.5. The molecule has 4 heteroatoms. The van der Waals surface area contributed by atoms with Crippen molar-refractivity contribution in [1.29, 1.82) is 0 Å². The molecule has 2 N–H and O–H groups in total. The van der Waals surface area contributed by atoms with Gasteiger partial charge in [-0.15, -0.1) is 0 Å². The zero-order chi connectivity index (χ0) is 11.6. The van der Waals surface area contributed by atoms with Crippen LogP contribution in [0.5, 0.6) is 5.75 Å². The molecule has 0 amide bonds. The Kier molecular flexibility index (Phi) is 3.58. The fraction of sp³-hybridized carbons (Fsp3) is 0.364. The number of hydrogen-bond acceptors (Lipinski definition) is 2. The van der Waals surface area contributed by atoms with Crippen molar-refractivity contribution in [2.24, 2.45) is 0 Å². The quantitative estimate of drug-likeness (QED) is 0.836. The Balaban J connectivity index is 3.00. The van der Waals surface area contributed by atoms with Crippen LogP contribution in [0.4, 0.5) is 0 Å². The smallest absolute Gasteiger partial charge is 0.303 e. The van der Waals surface area contributed by atoms with Crippen LogP contribution in [-0.2, 0) is 4.79 Å². The molecule has 1 aromatic carbocycles. The lowest BCUT2D eigenvalue weighted by Crippen LogP contribution is -2.03. The topological polar surface area (TPSA) is 57.5 Å². The Morgan fingerprint density at radius 2 is 2.13 bits per heavy atom. The number of hydrogen-bond donors (Lipinski definition) is 2. The first-order chi connectivity index (χ1) is 6.91. The van der Waals surface area contributed by atoms with Crippen LogP contribution >= 0.6 is 11.6 Å². The Hall–Kier alpha value is -1.22. The number of benzene rings is 1. The molecule has 0 radical (unpaired) electrons. The first-order valence-electron chi connectivity index (χ1n) is 4.62. The molecule has 1 rings (SSSR count). The van der Waals surface area contributed by atoms with Crippen molar-refractivity contribution in [3.8, 4) is 5.75 Å². The lowest BCUT2D eigenvalue weighted by Gasteiger charge is -2.11. The van der Waals surface area contributed by atoms with Gasteiger partial charge in [0.25, 0.3) is 0 Å². The minimum atomic E-state index is -0.852. The van der Waals surface area contributed by atoms with Gasteiger partial charge in [0.15, 0.2) is 0 Å². The van der Waals surface area contributed by atoms with Crippen LogP contribution in [0.15, 0.2) is 12.1 Å². The van der Waals surface area contributed by atoms with E-state index in [1.54, 1.807) is 19.9 Å². The van der Waals surface area contributed by atoms with E-state index in [1.165, 1.54) is 6.07 Å². The van der Waals surface area contributed by atoms with E-state index in [4.69, 9.17) is 16.7 Å². The largest absolute Gasteiger partial charge is 0.506 e. The Morgan fingerprint density at radius 3 is 2.60 bits per heavy atom. The van der Waals surface area contributed by atoms with Gasteiger partial charge in [-0.1, -0.05) is 24.6 Å². The van der Waals surface area contributed by atoms with E-state index in [0.29, 0.717) is 5.02 Å². The summed E-state index contributed by atoms with van der Waals surface area (Å²) in [5.41, 5.74) is 1.54. The SMILES string of the molecule is Cc1cc(C(C)CC(=O)O)cc(O)c1Cl. The molecule has 0 saturated carbocycles. The van der Waals surface area contributed by atoms with E-state index in [1.807, 2.05) is 0 Å². The molecule has 0 spiro atoms. The number of carboxylic acids is 1. The highest BCUT2D eigenvalue weighted by Crippen LogP contribution is 2.32. The molecule has 15 heavy (non-hydrogen) atoms. The van der Waals surface area contributed by atoms with E-state index < -0.39 is 5.97 Å². The van der Waals surface area contributed by atoms with E-state index >= 15 is 0 Å². The highest BCUT2D eigenvalue weighted by atomic mass is 35.5. The van der Waals surface area contributed by atoms with Crippen molar-refractivity contribution in [3.05, 3.63) is 28.3 Å². The van der Waals surface area contributed by atoms with Gasteiger partial charge in [-0.3, -0.25) is 4.79 Å². The molecule has 0 aromatic heterocycles. The Morgan fingerprint density at radius 1 is 1.53 bits per heavy atom. The summed E-state index contributed by atoms with van der Waals surface area (Å²) in [6, 6.07) is 3.32. The van der Waals surface area contributed by atoms with Gasteiger partial charge < -0.3 is 10.2 Å². The number of aliphatic carboxylic acids is 1. The number of aromatic hydroxyl groups is 1. The number of carboxylic acid groups (broad SMARTS) is 1. The molecule has 0 heterocycles. The van der Waals surface area contributed by atoms with Crippen LogP contribution in [0.1, 0.15) is 30.4 Å². The number of carbonyl (C=O) groups is 1. The van der Waals surface area contributed by atoms with Crippen LogP contribution in [-0.4, -0.2) is 16.2 Å². The molecule has 3 nitrogen and oxygen atoms in total. The molecule has 1 aromatic rings. The van der Waals surface area contributed by atoms with E-state index in [-0.39, 0.29) is 18.1 Å². The summed E-state index contributed by atoms with van der Waals surface area (Å²) in [6.07, 6.45) is 0.0422. The summed E-state index contributed by atoms with van der Waals surface area (Å²) in [5.74, 6) is -0.983. The number of phenolic OH excluding ortho intramolecular Hbond substituents is 1. The molecule has 82 valence electrons.